The Morgan fingerprint density at radius 2 is 1.11 bits per heavy atom. The number of benzene rings is 2. The third-order valence-electron chi connectivity index (χ3n) is 6.91. The van der Waals surface area contributed by atoms with Gasteiger partial charge in [-0.15, -0.1) is 0 Å². The van der Waals surface area contributed by atoms with Crippen LogP contribution in [0, 0.1) is 6.92 Å². The van der Waals surface area contributed by atoms with Gasteiger partial charge in [-0.3, -0.25) is 4.79 Å². The van der Waals surface area contributed by atoms with Gasteiger partial charge in [0.25, 0.3) is 0 Å². The Morgan fingerprint density at radius 3 is 1.61 bits per heavy atom. The molecule has 2 heteroatoms. The molecule has 0 heterocycles. The summed E-state index contributed by atoms with van der Waals surface area (Å²) in [5.74, 6) is 0.928. The molecule has 0 spiro atoms. The van der Waals surface area contributed by atoms with Crippen LogP contribution in [0.1, 0.15) is 131 Å². The summed E-state index contributed by atoms with van der Waals surface area (Å²) in [6.07, 6.45) is 25.6. The maximum Gasteiger partial charge on any atom is 0.185 e. The van der Waals surface area contributed by atoms with Gasteiger partial charge in [0.15, 0.2) is 5.78 Å². The average Bonchev–Trinajstić information content (AvgIpc) is 2.90. The van der Waals surface area contributed by atoms with Crippen LogP contribution in [0.2, 0.25) is 0 Å². The summed E-state index contributed by atoms with van der Waals surface area (Å²) in [5, 5.41) is 0. The highest BCUT2D eigenvalue weighted by atomic mass is 16.5. The molecular formula is C34H50O2. The second-order valence-electron chi connectivity index (χ2n) is 10.3. The average molecular weight is 491 g/mol. The fourth-order valence-corrected chi connectivity index (χ4v) is 4.50. The van der Waals surface area contributed by atoms with E-state index in [0.29, 0.717) is 0 Å². The van der Waals surface area contributed by atoms with E-state index in [-0.39, 0.29) is 5.78 Å². The minimum absolute atomic E-state index is 0.0267. The number of unbranched alkanes of at least 4 members (excludes halogenated alkanes) is 15. The number of ketones is 1. The highest BCUT2D eigenvalue weighted by Gasteiger charge is 2.01. The minimum atomic E-state index is 0.0267. The number of carbonyl (C=O) groups is 1. The minimum Gasteiger partial charge on any atom is -0.494 e. The molecule has 0 aromatic heterocycles. The largest absolute Gasteiger partial charge is 0.494 e. The molecule has 2 nitrogen and oxygen atoms in total. The number of rotatable bonds is 21. The number of ether oxygens (including phenoxy) is 1. The van der Waals surface area contributed by atoms with Gasteiger partial charge in [0.05, 0.1) is 6.61 Å². The van der Waals surface area contributed by atoms with Crippen LogP contribution in [0.25, 0.3) is 6.08 Å². The maximum absolute atomic E-state index is 12.3. The van der Waals surface area contributed by atoms with Gasteiger partial charge in [0.2, 0.25) is 0 Å². The van der Waals surface area contributed by atoms with Crippen molar-refractivity contribution >= 4 is 11.9 Å². The molecule has 0 aliphatic carbocycles. The molecule has 0 saturated carbocycles. The van der Waals surface area contributed by atoms with E-state index in [2.05, 4.69) is 6.92 Å². The Labute approximate surface area is 221 Å². The van der Waals surface area contributed by atoms with Crippen molar-refractivity contribution in [1.29, 1.82) is 0 Å². The summed E-state index contributed by atoms with van der Waals surface area (Å²) >= 11 is 0. The van der Waals surface area contributed by atoms with Crippen molar-refractivity contribution in [3.8, 4) is 5.75 Å². The van der Waals surface area contributed by atoms with Gasteiger partial charge in [-0.2, -0.15) is 0 Å². The fraction of sp³-hybridized carbons (Fsp3) is 0.559. The van der Waals surface area contributed by atoms with Crippen molar-refractivity contribution in [2.45, 2.75) is 117 Å². The van der Waals surface area contributed by atoms with Crippen LogP contribution >= 0.6 is 0 Å². The van der Waals surface area contributed by atoms with Gasteiger partial charge in [-0.1, -0.05) is 151 Å². The highest BCUT2D eigenvalue weighted by molar-refractivity contribution is 6.06. The molecule has 0 saturated heterocycles. The topological polar surface area (TPSA) is 26.3 Å². The Bertz CT molecular complexity index is 832. The zero-order valence-electron chi connectivity index (χ0n) is 23.1. The van der Waals surface area contributed by atoms with Gasteiger partial charge in [0.1, 0.15) is 5.75 Å². The van der Waals surface area contributed by atoms with E-state index in [1.54, 1.807) is 6.08 Å². The van der Waals surface area contributed by atoms with Crippen molar-refractivity contribution in [1.82, 2.24) is 0 Å². The SMILES string of the molecule is CCCCCCCCCCCCCCCCCCOc1ccc(C=CC(=O)c2ccc(C)cc2)cc1. The Hall–Kier alpha value is -2.35. The lowest BCUT2D eigenvalue weighted by atomic mass is 10.0. The van der Waals surface area contributed by atoms with Gasteiger partial charge in [-0.25, -0.2) is 0 Å². The first kappa shape index (κ1) is 29.9. The first-order valence-corrected chi connectivity index (χ1v) is 14.7. The van der Waals surface area contributed by atoms with Gasteiger partial charge in [-0.05, 0) is 37.1 Å². The Balaban J connectivity index is 1.42. The molecular weight excluding hydrogens is 440 g/mol. The molecule has 2 aromatic carbocycles. The molecule has 0 atom stereocenters. The molecule has 2 rings (SSSR count). The number of carbonyl (C=O) groups excluding carboxylic acids is 1. The van der Waals surface area contributed by atoms with Crippen molar-refractivity contribution in [2.24, 2.45) is 0 Å². The highest BCUT2D eigenvalue weighted by Crippen LogP contribution is 2.16. The summed E-state index contributed by atoms with van der Waals surface area (Å²) in [5.41, 5.74) is 2.88. The van der Waals surface area contributed by atoms with Crippen molar-refractivity contribution in [3.05, 3.63) is 71.3 Å². The van der Waals surface area contributed by atoms with Crippen molar-refractivity contribution in [2.75, 3.05) is 6.61 Å². The molecule has 0 fully saturated rings. The molecule has 0 radical (unpaired) electrons. The zero-order chi connectivity index (χ0) is 25.7. The molecule has 0 amide bonds. The number of allylic oxidation sites excluding steroid dienone is 1. The number of hydrogen-bond acceptors (Lipinski definition) is 2. The van der Waals surface area contributed by atoms with Crippen LogP contribution < -0.4 is 4.74 Å². The van der Waals surface area contributed by atoms with Gasteiger partial charge < -0.3 is 4.74 Å². The summed E-state index contributed by atoms with van der Waals surface area (Å²) < 4.78 is 5.90. The monoisotopic (exact) mass is 490 g/mol. The van der Waals surface area contributed by atoms with Crippen LogP contribution in [-0.4, -0.2) is 12.4 Å². The van der Waals surface area contributed by atoms with Crippen LogP contribution in [0.3, 0.4) is 0 Å². The smallest absolute Gasteiger partial charge is 0.185 e. The number of hydrogen-bond donors (Lipinski definition) is 0. The number of aryl methyl sites for hydroxylation is 1. The van der Waals surface area contributed by atoms with E-state index in [1.807, 2.05) is 61.5 Å². The molecule has 0 aliphatic heterocycles. The second kappa shape index (κ2) is 19.8. The van der Waals surface area contributed by atoms with Crippen LogP contribution in [0.4, 0.5) is 0 Å². The predicted octanol–water partition coefficient (Wildman–Crippen LogP) is 10.5. The van der Waals surface area contributed by atoms with E-state index >= 15 is 0 Å². The van der Waals surface area contributed by atoms with E-state index in [0.717, 1.165) is 35.5 Å². The molecule has 0 unspecified atom stereocenters. The summed E-state index contributed by atoms with van der Waals surface area (Å²) in [6, 6.07) is 15.7. The summed E-state index contributed by atoms with van der Waals surface area (Å²) in [4.78, 5) is 12.3. The Kier molecular flexibility index (Phi) is 16.4. The lowest BCUT2D eigenvalue weighted by molar-refractivity contribution is 0.104. The molecule has 2 aromatic rings. The standard InChI is InChI=1S/C34H50O2/c1-3-4-5-6-7-8-9-10-11-12-13-14-15-16-17-18-29-36-33-26-21-31(22-27-33)23-28-34(35)32-24-19-30(2)20-25-32/h19-28H,3-18,29H2,1-2H3. The van der Waals surface area contributed by atoms with E-state index in [9.17, 15) is 4.79 Å². The molecule has 0 aliphatic rings. The first-order chi connectivity index (χ1) is 17.7. The van der Waals surface area contributed by atoms with Gasteiger partial charge >= 0.3 is 0 Å². The second-order valence-corrected chi connectivity index (χ2v) is 10.3. The quantitative estimate of drug-likeness (QED) is 0.0988. The Morgan fingerprint density at radius 1 is 0.639 bits per heavy atom. The summed E-state index contributed by atoms with van der Waals surface area (Å²) in [6.45, 7) is 5.09. The predicted molar refractivity (Wildman–Crippen MR) is 156 cm³/mol. The fourth-order valence-electron chi connectivity index (χ4n) is 4.50. The molecule has 36 heavy (non-hydrogen) atoms. The molecule has 0 N–H and O–H groups in total. The molecule has 0 bridgehead atoms. The molecule has 198 valence electrons. The maximum atomic E-state index is 12.3. The van der Waals surface area contributed by atoms with Crippen LogP contribution in [0.15, 0.2) is 54.6 Å². The zero-order valence-corrected chi connectivity index (χ0v) is 23.1. The lowest BCUT2D eigenvalue weighted by Gasteiger charge is -2.07. The van der Waals surface area contributed by atoms with E-state index in [4.69, 9.17) is 4.74 Å². The van der Waals surface area contributed by atoms with Crippen molar-refractivity contribution in [3.63, 3.8) is 0 Å². The summed E-state index contributed by atoms with van der Waals surface area (Å²) in [7, 11) is 0. The first-order valence-electron chi connectivity index (χ1n) is 14.7. The third-order valence-corrected chi connectivity index (χ3v) is 6.91. The van der Waals surface area contributed by atoms with Crippen LogP contribution in [-0.2, 0) is 0 Å². The van der Waals surface area contributed by atoms with Crippen LogP contribution in [0.5, 0.6) is 5.75 Å². The normalized spacial score (nSPS) is 11.3. The lowest BCUT2D eigenvalue weighted by Crippen LogP contribution is -1.97. The van der Waals surface area contributed by atoms with Gasteiger partial charge in [0, 0.05) is 5.56 Å². The van der Waals surface area contributed by atoms with E-state index in [1.165, 1.54) is 96.3 Å². The third kappa shape index (κ3) is 14.3. The van der Waals surface area contributed by atoms with Crippen molar-refractivity contribution < 1.29 is 9.53 Å². The van der Waals surface area contributed by atoms with E-state index < -0.39 is 0 Å².